The van der Waals surface area contributed by atoms with Crippen LogP contribution in [-0.4, -0.2) is 44.5 Å². The Morgan fingerprint density at radius 3 is 2.52 bits per heavy atom. The molecule has 0 saturated carbocycles. The van der Waals surface area contributed by atoms with E-state index in [1.807, 2.05) is 32.1 Å². The third kappa shape index (κ3) is 7.51. The summed E-state index contributed by atoms with van der Waals surface area (Å²) in [4.78, 5) is 27.0. The summed E-state index contributed by atoms with van der Waals surface area (Å²) in [5.74, 6) is -0.260. The van der Waals surface area contributed by atoms with Crippen molar-refractivity contribution in [1.82, 2.24) is 10.2 Å². The average Bonchev–Trinajstić information content (AvgIpc) is 2.91. The maximum Gasteiger partial charge on any atom is 0.223 e. The van der Waals surface area contributed by atoms with E-state index < -0.39 is 9.84 Å². The summed E-state index contributed by atoms with van der Waals surface area (Å²) in [7, 11) is -3.25. The molecule has 1 heterocycles. The molecule has 1 aromatic carbocycles. The average molecular weight is 445 g/mol. The SMILES string of the molecule is C=C1CN(C(=O)CCC(=O)NC(C)c2ccc(S(C)(=O)=O)cc2)CCC/C1=C/C=C\C. The van der Waals surface area contributed by atoms with Crippen LogP contribution in [0.1, 0.15) is 51.1 Å². The summed E-state index contributed by atoms with van der Waals surface area (Å²) in [6, 6.07) is 6.15. The highest BCUT2D eigenvalue weighted by Crippen LogP contribution is 2.22. The van der Waals surface area contributed by atoms with Crippen molar-refractivity contribution in [1.29, 1.82) is 0 Å². The van der Waals surface area contributed by atoms with Crippen molar-refractivity contribution in [2.45, 2.75) is 50.5 Å². The molecular formula is C24H32N2O4S. The molecule has 0 aromatic heterocycles. The second-order valence-corrected chi connectivity index (χ2v) is 9.89. The zero-order valence-electron chi connectivity index (χ0n) is 18.6. The maximum absolute atomic E-state index is 12.6. The summed E-state index contributed by atoms with van der Waals surface area (Å²) in [6.45, 7) is 9.06. The lowest BCUT2D eigenvalue weighted by Gasteiger charge is -2.21. The number of hydrogen-bond donors (Lipinski definition) is 1. The molecule has 2 rings (SSSR count). The monoisotopic (exact) mass is 444 g/mol. The fraction of sp³-hybridized carbons (Fsp3) is 0.417. The molecule has 1 aliphatic rings. The van der Waals surface area contributed by atoms with Crippen molar-refractivity contribution >= 4 is 21.7 Å². The van der Waals surface area contributed by atoms with Gasteiger partial charge in [0.2, 0.25) is 11.8 Å². The zero-order valence-corrected chi connectivity index (χ0v) is 19.4. The van der Waals surface area contributed by atoms with E-state index in [1.165, 1.54) is 17.7 Å². The third-order valence-corrected chi connectivity index (χ3v) is 6.43. The predicted molar refractivity (Wildman–Crippen MR) is 123 cm³/mol. The second-order valence-electron chi connectivity index (χ2n) is 7.87. The van der Waals surface area contributed by atoms with Crippen molar-refractivity contribution in [3.8, 4) is 0 Å². The van der Waals surface area contributed by atoms with Gasteiger partial charge in [-0.25, -0.2) is 8.42 Å². The smallest absolute Gasteiger partial charge is 0.223 e. The number of sulfone groups is 1. The van der Waals surface area contributed by atoms with E-state index in [0.29, 0.717) is 13.1 Å². The number of carbonyl (C=O) groups is 2. The lowest BCUT2D eigenvalue weighted by atomic mass is 10.0. The minimum atomic E-state index is -3.25. The van der Waals surface area contributed by atoms with Gasteiger partial charge >= 0.3 is 0 Å². The molecule has 1 fully saturated rings. The van der Waals surface area contributed by atoms with Crippen molar-refractivity contribution < 1.29 is 18.0 Å². The van der Waals surface area contributed by atoms with E-state index in [4.69, 9.17) is 0 Å². The standard InChI is InChI=1S/C24H32N2O4S/c1-5-6-8-20-9-7-16-26(17-18(20)2)24(28)15-14-23(27)25-19(3)21-10-12-22(13-11-21)31(4,29)30/h5-6,8,10-13,19H,2,7,9,14-17H2,1,3-4H3,(H,25,27)/b6-5-,20-8-. The summed E-state index contributed by atoms with van der Waals surface area (Å²) in [5, 5.41) is 2.87. The van der Waals surface area contributed by atoms with E-state index in [9.17, 15) is 18.0 Å². The third-order valence-electron chi connectivity index (χ3n) is 5.30. The van der Waals surface area contributed by atoms with Crippen LogP contribution in [0.25, 0.3) is 0 Å². The first kappa shape index (κ1) is 24.6. The number of amides is 2. The van der Waals surface area contributed by atoms with Gasteiger partial charge in [-0.3, -0.25) is 9.59 Å². The molecule has 1 saturated heterocycles. The molecule has 0 bridgehead atoms. The Kier molecular flexibility index (Phi) is 8.80. The highest BCUT2D eigenvalue weighted by molar-refractivity contribution is 7.90. The molecule has 1 aromatic rings. The minimum Gasteiger partial charge on any atom is -0.350 e. The highest BCUT2D eigenvalue weighted by atomic mass is 32.2. The van der Waals surface area contributed by atoms with Crippen LogP contribution in [0.15, 0.2) is 65.1 Å². The molecule has 0 aliphatic carbocycles. The van der Waals surface area contributed by atoms with Gasteiger partial charge in [0.15, 0.2) is 9.84 Å². The number of likely N-dealkylation sites (tertiary alicyclic amines) is 1. The Morgan fingerprint density at radius 1 is 1.23 bits per heavy atom. The quantitative estimate of drug-likeness (QED) is 0.695. The van der Waals surface area contributed by atoms with Crippen LogP contribution >= 0.6 is 0 Å². The minimum absolute atomic E-state index is 0.0475. The second kappa shape index (κ2) is 11.1. The summed E-state index contributed by atoms with van der Waals surface area (Å²) in [5.41, 5.74) is 2.91. The van der Waals surface area contributed by atoms with Gasteiger partial charge in [0.1, 0.15) is 0 Å². The molecule has 0 radical (unpaired) electrons. The molecule has 1 unspecified atom stereocenters. The molecule has 2 amide bonds. The Hall–Kier alpha value is -2.67. The molecule has 168 valence electrons. The number of carbonyl (C=O) groups excluding carboxylic acids is 2. The van der Waals surface area contributed by atoms with Crippen LogP contribution in [0.4, 0.5) is 0 Å². The van der Waals surface area contributed by atoms with Gasteiger partial charge in [-0.15, -0.1) is 0 Å². The van der Waals surface area contributed by atoms with Crippen LogP contribution in [-0.2, 0) is 19.4 Å². The van der Waals surface area contributed by atoms with Gasteiger partial charge in [-0.1, -0.05) is 36.9 Å². The Bertz CT molecular complexity index is 975. The van der Waals surface area contributed by atoms with E-state index in [1.54, 1.807) is 17.0 Å². The number of nitrogens with one attached hydrogen (secondary N) is 1. The van der Waals surface area contributed by atoms with Crippen LogP contribution in [0.3, 0.4) is 0 Å². The largest absolute Gasteiger partial charge is 0.350 e. The van der Waals surface area contributed by atoms with Crippen LogP contribution in [0.2, 0.25) is 0 Å². The first-order valence-corrected chi connectivity index (χ1v) is 12.4. The normalized spacial score (nSPS) is 17.6. The lowest BCUT2D eigenvalue weighted by molar-refractivity contribution is -0.133. The predicted octanol–water partition coefficient (Wildman–Crippen LogP) is 3.73. The molecule has 1 N–H and O–H groups in total. The van der Waals surface area contributed by atoms with Crippen molar-refractivity contribution in [3.05, 3.63) is 65.8 Å². The van der Waals surface area contributed by atoms with E-state index in [0.717, 1.165) is 30.2 Å². The number of allylic oxidation sites excluding steroid dienone is 3. The van der Waals surface area contributed by atoms with Crippen LogP contribution < -0.4 is 5.32 Å². The Balaban J connectivity index is 1.86. The summed E-state index contributed by atoms with van der Waals surface area (Å²) >= 11 is 0. The molecule has 7 heteroatoms. The Morgan fingerprint density at radius 2 is 1.90 bits per heavy atom. The fourth-order valence-electron chi connectivity index (χ4n) is 3.45. The van der Waals surface area contributed by atoms with E-state index in [2.05, 4.69) is 11.9 Å². The van der Waals surface area contributed by atoms with Crippen molar-refractivity contribution in [2.75, 3.05) is 19.3 Å². The number of nitrogens with zero attached hydrogens (tertiary/aromatic N) is 1. The molecular weight excluding hydrogens is 412 g/mol. The van der Waals surface area contributed by atoms with Gasteiger partial charge in [0, 0.05) is 32.2 Å². The fourth-order valence-corrected chi connectivity index (χ4v) is 4.08. The van der Waals surface area contributed by atoms with E-state index >= 15 is 0 Å². The van der Waals surface area contributed by atoms with Crippen LogP contribution in [0, 0.1) is 0 Å². The van der Waals surface area contributed by atoms with Gasteiger partial charge in [-0.05, 0) is 55.5 Å². The summed E-state index contributed by atoms with van der Waals surface area (Å²) < 4.78 is 23.1. The molecule has 1 atom stereocenters. The summed E-state index contributed by atoms with van der Waals surface area (Å²) in [6.07, 6.45) is 9.17. The van der Waals surface area contributed by atoms with Crippen LogP contribution in [0.5, 0.6) is 0 Å². The lowest BCUT2D eigenvalue weighted by Crippen LogP contribution is -2.34. The van der Waals surface area contributed by atoms with Gasteiger partial charge in [0.25, 0.3) is 0 Å². The van der Waals surface area contributed by atoms with Crippen molar-refractivity contribution in [3.63, 3.8) is 0 Å². The Labute approximate surface area is 185 Å². The highest BCUT2D eigenvalue weighted by Gasteiger charge is 2.20. The number of rotatable bonds is 7. The van der Waals surface area contributed by atoms with Gasteiger partial charge in [0.05, 0.1) is 10.9 Å². The molecule has 6 nitrogen and oxygen atoms in total. The van der Waals surface area contributed by atoms with Crippen molar-refractivity contribution in [2.24, 2.45) is 0 Å². The molecule has 0 spiro atoms. The van der Waals surface area contributed by atoms with Gasteiger partial charge < -0.3 is 10.2 Å². The zero-order chi connectivity index (χ0) is 23.0. The topological polar surface area (TPSA) is 83.6 Å². The first-order valence-electron chi connectivity index (χ1n) is 10.5. The maximum atomic E-state index is 12.6. The molecule has 31 heavy (non-hydrogen) atoms. The van der Waals surface area contributed by atoms with Gasteiger partial charge in [-0.2, -0.15) is 0 Å². The molecule has 1 aliphatic heterocycles. The number of benzene rings is 1. The number of hydrogen-bond acceptors (Lipinski definition) is 4. The van der Waals surface area contributed by atoms with E-state index in [-0.39, 0.29) is 35.6 Å². The first-order chi connectivity index (χ1) is 14.6.